The van der Waals surface area contributed by atoms with Gasteiger partial charge in [0.05, 0.1) is 0 Å². The van der Waals surface area contributed by atoms with Crippen LogP contribution in [0.15, 0.2) is 0 Å². The van der Waals surface area contributed by atoms with Crippen LogP contribution in [0, 0.1) is 5.92 Å². The number of carboxylic acids is 1. The molecule has 1 atom stereocenters. The van der Waals surface area contributed by atoms with Crippen LogP contribution >= 0.6 is 12.6 Å². The van der Waals surface area contributed by atoms with E-state index in [0.29, 0.717) is 5.75 Å². The quantitative estimate of drug-likeness (QED) is 0.596. The average Bonchev–Trinajstić information content (AvgIpc) is 2.62. The molecule has 0 aromatic heterocycles. The summed E-state index contributed by atoms with van der Waals surface area (Å²) in [7, 11) is 0. The minimum absolute atomic E-state index is 0.0701. The molecule has 0 aliphatic heterocycles. The van der Waals surface area contributed by atoms with E-state index in [9.17, 15) is 9.59 Å². The Labute approximate surface area is 114 Å². The first kappa shape index (κ1) is 15.3. The van der Waals surface area contributed by atoms with E-state index in [1.165, 1.54) is 12.8 Å². The van der Waals surface area contributed by atoms with Gasteiger partial charge in [-0.3, -0.25) is 9.59 Å². The fourth-order valence-corrected chi connectivity index (χ4v) is 2.62. The Hall–Kier alpha value is -0.710. The maximum absolute atomic E-state index is 12.2. The van der Waals surface area contributed by atoms with Gasteiger partial charge >= 0.3 is 5.97 Å². The summed E-state index contributed by atoms with van der Waals surface area (Å²) in [6.07, 6.45) is 6.41. The van der Waals surface area contributed by atoms with E-state index < -0.39 is 5.97 Å². The van der Waals surface area contributed by atoms with E-state index in [1.54, 1.807) is 11.8 Å². The Morgan fingerprint density at radius 3 is 2.28 bits per heavy atom. The molecule has 0 aromatic carbocycles. The third-order valence-electron chi connectivity index (χ3n) is 3.55. The normalized spacial score (nSPS) is 19.0. The zero-order valence-corrected chi connectivity index (χ0v) is 11.9. The number of thiol groups is 1. The molecule has 18 heavy (non-hydrogen) atoms. The molecule has 1 aliphatic carbocycles. The molecular formula is C13H23NO3S. The SMILES string of the molecule is CC(CS)C(=O)N(CC(=O)O)C1CCCCCC1. The van der Waals surface area contributed by atoms with Gasteiger partial charge < -0.3 is 10.0 Å². The number of nitrogens with zero attached hydrogens (tertiary/aromatic N) is 1. The van der Waals surface area contributed by atoms with E-state index in [4.69, 9.17) is 5.11 Å². The second kappa shape index (κ2) is 7.67. The lowest BCUT2D eigenvalue weighted by molar-refractivity contribution is -0.148. The maximum atomic E-state index is 12.2. The van der Waals surface area contributed by atoms with Crippen molar-refractivity contribution in [3.05, 3.63) is 0 Å². The van der Waals surface area contributed by atoms with Crippen molar-refractivity contribution in [3.63, 3.8) is 0 Å². The van der Waals surface area contributed by atoms with Crippen molar-refractivity contribution in [3.8, 4) is 0 Å². The number of rotatable bonds is 5. The summed E-state index contributed by atoms with van der Waals surface area (Å²) in [4.78, 5) is 24.7. The van der Waals surface area contributed by atoms with Gasteiger partial charge in [0.1, 0.15) is 6.54 Å². The molecule has 1 aliphatic rings. The van der Waals surface area contributed by atoms with Gasteiger partial charge in [-0.05, 0) is 12.8 Å². The zero-order valence-electron chi connectivity index (χ0n) is 11.0. The van der Waals surface area contributed by atoms with Gasteiger partial charge in [0.2, 0.25) is 5.91 Å². The number of carbonyl (C=O) groups is 2. The van der Waals surface area contributed by atoms with Gasteiger partial charge in [-0.2, -0.15) is 12.6 Å². The van der Waals surface area contributed by atoms with Crippen LogP contribution in [0.5, 0.6) is 0 Å². The molecule has 0 radical (unpaired) electrons. The van der Waals surface area contributed by atoms with Gasteiger partial charge in [-0.15, -0.1) is 0 Å². The molecule has 1 saturated carbocycles. The number of aliphatic carboxylic acids is 1. The van der Waals surface area contributed by atoms with Crippen molar-refractivity contribution in [2.24, 2.45) is 5.92 Å². The molecule has 1 amide bonds. The molecule has 1 rings (SSSR count). The zero-order chi connectivity index (χ0) is 13.5. The molecule has 104 valence electrons. The molecule has 1 fully saturated rings. The number of amides is 1. The van der Waals surface area contributed by atoms with Gasteiger partial charge in [-0.1, -0.05) is 32.6 Å². The standard InChI is InChI=1S/C13H23NO3S/c1-10(9-18)13(17)14(8-12(15)16)11-6-4-2-3-5-7-11/h10-11,18H,2-9H2,1H3,(H,15,16). The van der Waals surface area contributed by atoms with Crippen molar-refractivity contribution < 1.29 is 14.7 Å². The topological polar surface area (TPSA) is 57.6 Å². The van der Waals surface area contributed by atoms with Crippen LogP contribution in [-0.2, 0) is 9.59 Å². The Bertz CT molecular complexity index is 288. The van der Waals surface area contributed by atoms with E-state index in [2.05, 4.69) is 12.6 Å². The second-order valence-electron chi connectivity index (χ2n) is 5.09. The first-order valence-corrected chi connectivity index (χ1v) is 7.32. The van der Waals surface area contributed by atoms with Crippen molar-refractivity contribution >= 4 is 24.5 Å². The van der Waals surface area contributed by atoms with Crippen LogP contribution < -0.4 is 0 Å². The summed E-state index contributed by atoms with van der Waals surface area (Å²) in [5.41, 5.74) is 0. The maximum Gasteiger partial charge on any atom is 0.323 e. The molecular weight excluding hydrogens is 250 g/mol. The lowest BCUT2D eigenvalue weighted by Gasteiger charge is -2.31. The third kappa shape index (κ3) is 4.52. The Kier molecular flexibility index (Phi) is 6.54. The van der Waals surface area contributed by atoms with Gasteiger partial charge in [0.15, 0.2) is 0 Å². The first-order chi connectivity index (χ1) is 8.56. The fourth-order valence-electron chi connectivity index (χ4n) is 2.46. The smallest absolute Gasteiger partial charge is 0.323 e. The number of carboxylic acid groups (broad SMARTS) is 1. The van der Waals surface area contributed by atoms with Crippen LogP contribution in [0.4, 0.5) is 0 Å². The number of carbonyl (C=O) groups excluding carboxylic acids is 1. The fraction of sp³-hybridized carbons (Fsp3) is 0.846. The monoisotopic (exact) mass is 273 g/mol. The van der Waals surface area contributed by atoms with Gasteiger partial charge in [-0.25, -0.2) is 0 Å². The molecule has 1 N–H and O–H groups in total. The van der Waals surface area contributed by atoms with Crippen LogP contribution in [-0.4, -0.2) is 40.2 Å². The summed E-state index contributed by atoms with van der Waals surface area (Å²) < 4.78 is 0. The molecule has 1 unspecified atom stereocenters. The molecule has 0 saturated heterocycles. The summed E-state index contributed by atoms with van der Waals surface area (Å²) in [6, 6.07) is 0.0958. The van der Waals surface area contributed by atoms with Gasteiger partial charge in [0, 0.05) is 17.7 Å². The van der Waals surface area contributed by atoms with Crippen LogP contribution in [0.2, 0.25) is 0 Å². The summed E-state index contributed by atoms with van der Waals surface area (Å²) in [6.45, 7) is 1.63. The van der Waals surface area contributed by atoms with E-state index in [1.807, 2.05) is 0 Å². The average molecular weight is 273 g/mol. The largest absolute Gasteiger partial charge is 0.480 e. The van der Waals surface area contributed by atoms with Crippen molar-refractivity contribution in [2.45, 2.75) is 51.5 Å². The summed E-state index contributed by atoms with van der Waals surface area (Å²) in [5.74, 6) is -0.754. The number of hydrogen-bond acceptors (Lipinski definition) is 3. The highest BCUT2D eigenvalue weighted by atomic mass is 32.1. The lowest BCUT2D eigenvalue weighted by Crippen LogP contribution is -2.46. The third-order valence-corrected chi connectivity index (χ3v) is 4.10. The van der Waals surface area contributed by atoms with Crippen molar-refractivity contribution in [1.82, 2.24) is 4.90 Å². The predicted molar refractivity (Wildman–Crippen MR) is 73.9 cm³/mol. The highest BCUT2D eigenvalue weighted by Gasteiger charge is 2.28. The molecule has 5 heteroatoms. The molecule has 0 heterocycles. The highest BCUT2D eigenvalue weighted by molar-refractivity contribution is 7.80. The molecule has 0 spiro atoms. The van der Waals surface area contributed by atoms with Crippen molar-refractivity contribution in [2.75, 3.05) is 12.3 Å². The van der Waals surface area contributed by atoms with Crippen LogP contribution in [0.25, 0.3) is 0 Å². The second-order valence-corrected chi connectivity index (χ2v) is 5.45. The summed E-state index contributed by atoms with van der Waals surface area (Å²) >= 11 is 4.13. The van der Waals surface area contributed by atoms with Crippen LogP contribution in [0.1, 0.15) is 45.4 Å². The first-order valence-electron chi connectivity index (χ1n) is 6.69. The Morgan fingerprint density at radius 2 is 1.83 bits per heavy atom. The van der Waals surface area contributed by atoms with Gasteiger partial charge in [0.25, 0.3) is 0 Å². The molecule has 0 aromatic rings. The molecule has 0 bridgehead atoms. The predicted octanol–water partition coefficient (Wildman–Crippen LogP) is 2.19. The van der Waals surface area contributed by atoms with Crippen LogP contribution in [0.3, 0.4) is 0 Å². The van der Waals surface area contributed by atoms with E-state index in [0.717, 1.165) is 25.7 Å². The van der Waals surface area contributed by atoms with E-state index >= 15 is 0 Å². The minimum Gasteiger partial charge on any atom is -0.480 e. The summed E-state index contributed by atoms with van der Waals surface area (Å²) in [5, 5.41) is 8.98. The molecule has 4 nitrogen and oxygen atoms in total. The number of hydrogen-bond donors (Lipinski definition) is 2. The Balaban J connectivity index is 2.75. The highest BCUT2D eigenvalue weighted by Crippen LogP contribution is 2.23. The Morgan fingerprint density at radius 1 is 1.28 bits per heavy atom. The lowest BCUT2D eigenvalue weighted by atomic mass is 10.0. The van der Waals surface area contributed by atoms with Crippen molar-refractivity contribution in [1.29, 1.82) is 0 Å². The minimum atomic E-state index is -0.932. The van der Waals surface area contributed by atoms with E-state index in [-0.39, 0.29) is 24.4 Å².